The van der Waals surface area contributed by atoms with Crippen molar-refractivity contribution in [1.82, 2.24) is 15.1 Å². The highest BCUT2D eigenvalue weighted by atomic mass is 16.1. The van der Waals surface area contributed by atoms with E-state index in [1.165, 1.54) is 0 Å². The molecule has 0 fully saturated rings. The second kappa shape index (κ2) is 6.29. The number of carbonyl (C=O) groups excluding carboxylic acids is 1. The second-order valence-electron chi connectivity index (χ2n) is 4.41. The van der Waals surface area contributed by atoms with Crippen molar-refractivity contribution in [1.29, 1.82) is 0 Å². The van der Waals surface area contributed by atoms with Crippen molar-refractivity contribution in [3.63, 3.8) is 0 Å². The van der Waals surface area contributed by atoms with E-state index in [1.807, 2.05) is 28.9 Å². The van der Waals surface area contributed by atoms with Crippen molar-refractivity contribution in [3.8, 4) is 0 Å². The summed E-state index contributed by atoms with van der Waals surface area (Å²) in [6.07, 6.45) is 2.12. The lowest BCUT2D eigenvalue weighted by Crippen LogP contribution is -2.24. The van der Waals surface area contributed by atoms with Crippen LogP contribution < -0.4 is 5.32 Å². The number of benzene rings is 1. The summed E-state index contributed by atoms with van der Waals surface area (Å²) in [6.45, 7) is 7.48. The third-order valence-electron chi connectivity index (χ3n) is 3.01. The molecule has 1 N–H and O–H groups in total. The molecule has 0 bridgehead atoms. The molecule has 0 spiro atoms. The first-order chi connectivity index (χ1) is 9.26. The van der Waals surface area contributed by atoms with E-state index in [0.717, 1.165) is 23.1 Å². The smallest absolute Gasteiger partial charge is 0.152 e. The molecule has 1 aromatic carbocycles. The number of aromatic nitrogens is 2. The molecule has 0 unspecified atom stereocenters. The topological polar surface area (TPSA) is 46.9 Å². The van der Waals surface area contributed by atoms with Crippen LogP contribution in [0.4, 0.5) is 0 Å². The summed E-state index contributed by atoms with van der Waals surface area (Å²) < 4.78 is 1.94. The number of hydrogen-bond acceptors (Lipinski definition) is 3. The minimum atomic E-state index is 0.147. The van der Waals surface area contributed by atoms with Crippen molar-refractivity contribution < 1.29 is 4.79 Å². The third-order valence-corrected chi connectivity index (χ3v) is 3.01. The van der Waals surface area contributed by atoms with Gasteiger partial charge in [-0.3, -0.25) is 9.48 Å². The van der Waals surface area contributed by atoms with Gasteiger partial charge in [0.1, 0.15) is 0 Å². The lowest BCUT2D eigenvalue weighted by Gasteiger charge is -2.00. The van der Waals surface area contributed by atoms with Gasteiger partial charge < -0.3 is 5.32 Å². The summed E-state index contributed by atoms with van der Waals surface area (Å²) >= 11 is 0. The van der Waals surface area contributed by atoms with Gasteiger partial charge in [-0.25, -0.2) is 0 Å². The quantitative estimate of drug-likeness (QED) is 0.609. The van der Waals surface area contributed by atoms with Crippen LogP contribution in [0.3, 0.4) is 0 Å². The molecule has 19 heavy (non-hydrogen) atoms. The zero-order chi connectivity index (χ0) is 13.7. The predicted octanol–water partition coefficient (Wildman–Crippen LogP) is 1.94. The van der Waals surface area contributed by atoms with Crippen LogP contribution in [0.15, 0.2) is 36.9 Å². The summed E-state index contributed by atoms with van der Waals surface area (Å²) in [5.74, 6) is 0.147. The van der Waals surface area contributed by atoms with Crippen LogP contribution in [-0.4, -0.2) is 28.7 Å². The molecule has 0 radical (unpaired) electrons. The molecule has 0 saturated carbocycles. The molecule has 2 rings (SSSR count). The van der Waals surface area contributed by atoms with Gasteiger partial charge in [-0.05, 0) is 13.0 Å². The predicted molar refractivity (Wildman–Crippen MR) is 77.2 cm³/mol. The fraction of sp³-hybridized carbons (Fsp3) is 0.333. The van der Waals surface area contributed by atoms with E-state index >= 15 is 0 Å². The molecular formula is C15H19N3O. The van der Waals surface area contributed by atoms with Gasteiger partial charge in [0.25, 0.3) is 0 Å². The number of nitrogens with one attached hydrogen (secondary N) is 1. The van der Waals surface area contributed by atoms with Crippen molar-refractivity contribution in [2.75, 3.05) is 13.1 Å². The summed E-state index contributed by atoms with van der Waals surface area (Å²) in [5, 5.41) is 8.62. The van der Waals surface area contributed by atoms with Gasteiger partial charge in [-0.15, -0.1) is 6.58 Å². The number of ketones is 1. The third kappa shape index (κ3) is 3.09. The van der Waals surface area contributed by atoms with Crippen molar-refractivity contribution >= 4 is 16.7 Å². The van der Waals surface area contributed by atoms with E-state index in [9.17, 15) is 4.79 Å². The average Bonchev–Trinajstić information content (AvgIpc) is 2.77. The number of hydrogen-bond donors (Lipinski definition) is 1. The fourth-order valence-electron chi connectivity index (χ4n) is 2.13. The number of para-hydroxylation sites is 1. The Morgan fingerprint density at radius 1 is 1.47 bits per heavy atom. The first kappa shape index (κ1) is 13.5. The van der Waals surface area contributed by atoms with Gasteiger partial charge in [0, 0.05) is 18.5 Å². The Morgan fingerprint density at radius 2 is 2.26 bits per heavy atom. The van der Waals surface area contributed by atoms with Crippen LogP contribution in [0, 0.1) is 0 Å². The van der Waals surface area contributed by atoms with Crippen LogP contribution in [0.5, 0.6) is 0 Å². The monoisotopic (exact) mass is 257 g/mol. The number of carbonyl (C=O) groups is 1. The Kier molecular flexibility index (Phi) is 4.47. The highest BCUT2D eigenvalue weighted by Gasteiger charge is 2.12. The minimum Gasteiger partial charge on any atom is -0.307 e. The van der Waals surface area contributed by atoms with Crippen LogP contribution >= 0.6 is 0 Å². The first-order valence-electron chi connectivity index (χ1n) is 6.54. The van der Waals surface area contributed by atoms with E-state index in [0.29, 0.717) is 19.5 Å². The van der Waals surface area contributed by atoms with Gasteiger partial charge in [0.2, 0.25) is 0 Å². The molecule has 0 aliphatic rings. The van der Waals surface area contributed by atoms with Crippen LogP contribution in [0.2, 0.25) is 0 Å². The van der Waals surface area contributed by atoms with Crippen molar-refractivity contribution in [3.05, 3.63) is 42.6 Å². The zero-order valence-corrected chi connectivity index (χ0v) is 11.2. The van der Waals surface area contributed by atoms with Crippen molar-refractivity contribution in [2.24, 2.45) is 0 Å². The number of nitrogens with zero attached hydrogens (tertiary/aromatic N) is 2. The highest BCUT2D eigenvalue weighted by molar-refractivity contribution is 5.89. The average molecular weight is 257 g/mol. The van der Waals surface area contributed by atoms with Crippen LogP contribution in [0.25, 0.3) is 10.9 Å². The van der Waals surface area contributed by atoms with Gasteiger partial charge in [0.05, 0.1) is 24.2 Å². The summed E-state index contributed by atoms with van der Waals surface area (Å²) in [4.78, 5) is 11.9. The highest BCUT2D eigenvalue weighted by Crippen LogP contribution is 2.18. The standard InChI is InChI=1S/C15H19N3O/c1-3-9-16-11-12(19)10-14-13-7-5-6-8-15(13)18(4-2)17-14/h3,5-8,16H,1,4,9-11H2,2H3. The number of fused-ring (bicyclic) bond motifs is 1. The zero-order valence-electron chi connectivity index (χ0n) is 11.2. The Balaban J connectivity index is 2.16. The van der Waals surface area contributed by atoms with E-state index < -0.39 is 0 Å². The van der Waals surface area contributed by atoms with E-state index in [-0.39, 0.29) is 5.78 Å². The molecule has 0 saturated heterocycles. The molecule has 0 aliphatic heterocycles. The van der Waals surface area contributed by atoms with Crippen molar-refractivity contribution in [2.45, 2.75) is 19.9 Å². The number of Topliss-reactive ketones (excluding diaryl/α,β-unsaturated/α-hetero) is 1. The van der Waals surface area contributed by atoms with E-state index in [1.54, 1.807) is 6.08 Å². The number of aryl methyl sites for hydroxylation is 1. The molecular weight excluding hydrogens is 238 g/mol. The maximum atomic E-state index is 11.9. The SMILES string of the molecule is C=CCNCC(=O)Cc1nn(CC)c2ccccc12. The summed E-state index contributed by atoms with van der Waals surface area (Å²) in [5.41, 5.74) is 1.95. The molecule has 100 valence electrons. The van der Waals surface area contributed by atoms with Gasteiger partial charge in [0.15, 0.2) is 5.78 Å². The second-order valence-corrected chi connectivity index (χ2v) is 4.41. The lowest BCUT2D eigenvalue weighted by molar-refractivity contribution is -0.117. The maximum absolute atomic E-state index is 11.9. The van der Waals surface area contributed by atoms with Gasteiger partial charge in [-0.1, -0.05) is 24.3 Å². The molecule has 0 aliphatic carbocycles. The van der Waals surface area contributed by atoms with Crippen LogP contribution in [0.1, 0.15) is 12.6 Å². The maximum Gasteiger partial charge on any atom is 0.152 e. The summed E-state index contributed by atoms with van der Waals surface area (Å²) in [6, 6.07) is 8.03. The Hall–Kier alpha value is -1.94. The largest absolute Gasteiger partial charge is 0.307 e. The molecule has 4 heteroatoms. The normalized spacial score (nSPS) is 10.8. The molecule has 1 aromatic heterocycles. The van der Waals surface area contributed by atoms with E-state index in [4.69, 9.17) is 0 Å². The number of rotatable bonds is 7. The van der Waals surface area contributed by atoms with Gasteiger partial charge >= 0.3 is 0 Å². The molecule has 0 atom stereocenters. The minimum absolute atomic E-state index is 0.147. The van der Waals surface area contributed by atoms with Crippen LogP contribution in [-0.2, 0) is 17.8 Å². The lowest BCUT2D eigenvalue weighted by atomic mass is 10.1. The molecule has 2 aromatic rings. The first-order valence-corrected chi connectivity index (χ1v) is 6.54. The summed E-state index contributed by atoms with van der Waals surface area (Å²) in [7, 11) is 0. The Bertz CT molecular complexity index is 586. The van der Waals surface area contributed by atoms with Gasteiger partial charge in [-0.2, -0.15) is 5.10 Å². The Morgan fingerprint density at radius 3 is 3.00 bits per heavy atom. The fourth-order valence-corrected chi connectivity index (χ4v) is 2.13. The molecule has 4 nitrogen and oxygen atoms in total. The molecule has 0 amide bonds. The Labute approximate surface area is 113 Å². The molecule has 1 heterocycles. The van der Waals surface area contributed by atoms with E-state index in [2.05, 4.69) is 23.9 Å².